The van der Waals surface area contributed by atoms with Crippen LogP contribution in [0.4, 0.5) is 17.1 Å². The van der Waals surface area contributed by atoms with Crippen LogP contribution in [0.2, 0.25) is 5.02 Å². The number of nitrogens with zero attached hydrogens (tertiary/aromatic N) is 2. The van der Waals surface area contributed by atoms with Crippen molar-refractivity contribution in [1.29, 1.82) is 5.26 Å². The van der Waals surface area contributed by atoms with Crippen molar-refractivity contribution in [2.75, 3.05) is 24.1 Å². The highest BCUT2D eigenvalue weighted by atomic mass is 35.5. The van der Waals surface area contributed by atoms with E-state index in [-0.39, 0.29) is 6.10 Å². The number of hydrogen-bond acceptors (Lipinski definition) is 7. The molecule has 5 rings (SSSR count). The number of aryl methyl sites for hydroxylation is 1. The zero-order valence-corrected chi connectivity index (χ0v) is 20.6. The fraction of sp³-hybridized carbons (Fsp3) is 0.214. The van der Waals surface area contributed by atoms with E-state index >= 15 is 0 Å². The second-order valence-electron chi connectivity index (χ2n) is 8.85. The van der Waals surface area contributed by atoms with Gasteiger partial charge < -0.3 is 25.8 Å². The van der Waals surface area contributed by atoms with Gasteiger partial charge in [-0.2, -0.15) is 5.26 Å². The molecule has 0 saturated carbocycles. The van der Waals surface area contributed by atoms with Crippen LogP contribution in [-0.4, -0.2) is 24.2 Å². The first-order valence-corrected chi connectivity index (χ1v) is 12.1. The first-order valence-electron chi connectivity index (χ1n) is 11.7. The van der Waals surface area contributed by atoms with Gasteiger partial charge >= 0.3 is 0 Å². The molecule has 0 radical (unpaired) electrons. The average Bonchev–Trinajstić information content (AvgIpc) is 3.38. The van der Waals surface area contributed by atoms with Crippen LogP contribution >= 0.6 is 11.6 Å². The standard InChI is InChI=1S/C28H26ClN5O2/c1-17-3-2-4-18(9-17)16-35-26-6-5-20(10-23(26)29)34-28-19(13-30)14-33-25-12-27(24(31)11-22(25)28)36-21-7-8-32-15-21/h2-6,9-12,14,21,32H,7-8,15-16,31H2,1H3,(H,33,34). The summed E-state index contributed by atoms with van der Waals surface area (Å²) in [5.41, 5.74) is 11.5. The predicted molar refractivity (Wildman–Crippen MR) is 143 cm³/mol. The Hall–Kier alpha value is -3.99. The number of hydrogen-bond donors (Lipinski definition) is 3. The van der Waals surface area contributed by atoms with E-state index in [1.807, 2.05) is 43.3 Å². The maximum absolute atomic E-state index is 9.73. The second-order valence-corrected chi connectivity index (χ2v) is 9.25. The SMILES string of the molecule is Cc1cccc(COc2ccc(Nc3c(C#N)cnc4cc(OC5CCNC5)c(N)cc34)cc2Cl)c1. The fourth-order valence-electron chi connectivity index (χ4n) is 4.27. The summed E-state index contributed by atoms with van der Waals surface area (Å²) in [6, 6.07) is 19.4. The minimum atomic E-state index is 0.0783. The monoisotopic (exact) mass is 499 g/mol. The highest BCUT2D eigenvalue weighted by Gasteiger charge is 2.19. The van der Waals surface area contributed by atoms with E-state index in [1.54, 1.807) is 18.3 Å². The molecule has 3 aromatic carbocycles. The van der Waals surface area contributed by atoms with Crippen molar-refractivity contribution in [2.24, 2.45) is 0 Å². The topological polar surface area (TPSA) is 105 Å². The Labute approximate surface area is 214 Å². The van der Waals surface area contributed by atoms with Crippen molar-refractivity contribution >= 4 is 39.6 Å². The van der Waals surface area contributed by atoms with Crippen LogP contribution in [0.3, 0.4) is 0 Å². The Bertz CT molecular complexity index is 1460. The average molecular weight is 500 g/mol. The molecule has 1 unspecified atom stereocenters. The Morgan fingerprint density at radius 3 is 2.83 bits per heavy atom. The molecule has 1 fully saturated rings. The number of fused-ring (bicyclic) bond motifs is 1. The minimum absolute atomic E-state index is 0.0783. The molecule has 0 spiro atoms. The normalized spacial score (nSPS) is 15.0. The number of pyridine rings is 1. The van der Waals surface area contributed by atoms with Crippen molar-refractivity contribution < 1.29 is 9.47 Å². The van der Waals surface area contributed by atoms with E-state index in [2.05, 4.69) is 27.8 Å². The first kappa shape index (κ1) is 23.7. The van der Waals surface area contributed by atoms with Crippen LogP contribution in [0.5, 0.6) is 11.5 Å². The summed E-state index contributed by atoms with van der Waals surface area (Å²) in [6.07, 6.45) is 2.55. The molecule has 2 heterocycles. The van der Waals surface area contributed by atoms with Crippen molar-refractivity contribution in [3.63, 3.8) is 0 Å². The van der Waals surface area contributed by atoms with Gasteiger partial charge in [-0.1, -0.05) is 41.4 Å². The molecule has 1 aromatic heterocycles. The number of nitriles is 1. The summed E-state index contributed by atoms with van der Waals surface area (Å²) in [5, 5.41) is 17.5. The number of nitrogens with one attached hydrogen (secondary N) is 2. The van der Waals surface area contributed by atoms with Crippen LogP contribution in [0.25, 0.3) is 10.9 Å². The number of nitrogens with two attached hydrogens (primary N) is 1. The van der Waals surface area contributed by atoms with Gasteiger partial charge in [0.05, 0.1) is 27.5 Å². The molecule has 1 aliphatic heterocycles. The molecule has 4 N–H and O–H groups in total. The Kier molecular flexibility index (Phi) is 6.81. The van der Waals surface area contributed by atoms with Crippen LogP contribution < -0.4 is 25.8 Å². The Morgan fingerprint density at radius 2 is 2.08 bits per heavy atom. The largest absolute Gasteiger partial charge is 0.487 e. The lowest BCUT2D eigenvalue weighted by Crippen LogP contribution is -2.20. The van der Waals surface area contributed by atoms with E-state index in [0.29, 0.717) is 51.3 Å². The molecule has 7 nitrogen and oxygen atoms in total. The summed E-state index contributed by atoms with van der Waals surface area (Å²) < 4.78 is 12.0. The highest BCUT2D eigenvalue weighted by Crippen LogP contribution is 2.36. The highest BCUT2D eigenvalue weighted by molar-refractivity contribution is 6.32. The quantitative estimate of drug-likeness (QED) is 0.279. The lowest BCUT2D eigenvalue weighted by atomic mass is 10.1. The van der Waals surface area contributed by atoms with E-state index in [9.17, 15) is 5.26 Å². The number of anilines is 3. The smallest absolute Gasteiger partial charge is 0.144 e. The van der Waals surface area contributed by atoms with Gasteiger partial charge in [0, 0.05) is 29.9 Å². The molecule has 36 heavy (non-hydrogen) atoms. The molecule has 4 aromatic rings. The maximum atomic E-state index is 9.73. The molecule has 0 aliphatic carbocycles. The molecule has 1 saturated heterocycles. The second kappa shape index (κ2) is 10.3. The van der Waals surface area contributed by atoms with Gasteiger partial charge in [-0.25, -0.2) is 0 Å². The summed E-state index contributed by atoms with van der Waals surface area (Å²) >= 11 is 6.53. The van der Waals surface area contributed by atoms with Gasteiger partial charge in [0.2, 0.25) is 0 Å². The van der Waals surface area contributed by atoms with Crippen molar-refractivity contribution in [3.8, 4) is 17.6 Å². The predicted octanol–water partition coefficient (Wildman–Crippen LogP) is 5.71. The lowest BCUT2D eigenvalue weighted by molar-refractivity contribution is 0.224. The van der Waals surface area contributed by atoms with Crippen LogP contribution in [-0.2, 0) is 6.61 Å². The summed E-state index contributed by atoms with van der Waals surface area (Å²) in [7, 11) is 0. The van der Waals surface area contributed by atoms with Gasteiger partial charge in [-0.3, -0.25) is 4.98 Å². The van der Waals surface area contributed by atoms with Gasteiger partial charge in [0.25, 0.3) is 0 Å². The number of nitrogen functional groups attached to an aromatic ring is 1. The van der Waals surface area contributed by atoms with E-state index in [0.717, 1.165) is 30.5 Å². The van der Waals surface area contributed by atoms with Gasteiger partial charge in [-0.05, 0) is 49.7 Å². The van der Waals surface area contributed by atoms with E-state index in [4.69, 9.17) is 26.8 Å². The van der Waals surface area contributed by atoms with Crippen molar-refractivity contribution in [1.82, 2.24) is 10.3 Å². The fourth-order valence-corrected chi connectivity index (χ4v) is 4.50. The minimum Gasteiger partial charge on any atom is -0.487 e. The van der Waals surface area contributed by atoms with Crippen LogP contribution in [0.1, 0.15) is 23.1 Å². The third kappa shape index (κ3) is 5.15. The van der Waals surface area contributed by atoms with E-state index in [1.165, 1.54) is 5.56 Å². The van der Waals surface area contributed by atoms with E-state index < -0.39 is 0 Å². The van der Waals surface area contributed by atoms with Gasteiger partial charge in [-0.15, -0.1) is 0 Å². The molecule has 182 valence electrons. The molecular weight excluding hydrogens is 474 g/mol. The molecule has 1 aliphatic rings. The lowest BCUT2D eigenvalue weighted by Gasteiger charge is -2.17. The van der Waals surface area contributed by atoms with Crippen LogP contribution in [0.15, 0.2) is 60.8 Å². The third-order valence-corrected chi connectivity index (χ3v) is 6.40. The summed E-state index contributed by atoms with van der Waals surface area (Å²) in [5.74, 6) is 1.17. The number of halogens is 1. The summed E-state index contributed by atoms with van der Waals surface area (Å²) in [6.45, 7) is 4.18. The Balaban J connectivity index is 1.40. The first-order chi connectivity index (χ1) is 17.5. The van der Waals surface area contributed by atoms with Crippen LogP contribution in [0, 0.1) is 18.3 Å². The molecule has 8 heteroatoms. The third-order valence-electron chi connectivity index (χ3n) is 6.11. The summed E-state index contributed by atoms with van der Waals surface area (Å²) in [4.78, 5) is 4.46. The van der Waals surface area contributed by atoms with Gasteiger partial charge in [0.15, 0.2) is 0 Å². The van der Waals surface area contributed by atoms with Gasteiger partial charge in [0.1, 0.15) is 30.3 Å². The molecule has 1 atom stereocenters. The van der Waals surface area contributed by atoms with Crippen molar-refractivity contribution in [3.05, 3.63) is 82.5 Å². The Morgan fingerprint density at radius 1 is 1.19 bits per heavy atom. The molecule has 0 amide bonds. The zero-order chi connectivity index (χ0) is 25.1. The molecule has 0 bridgehead atoms. The zero-order valence-electron chi connectivity index (χ0n) is 19.8. The number of rotatable bonds is 7. The maximum Gasteiger partial charge on any atom is 0.144 e. The number of ether oxygens (including phenoxy) is 2. The molecular formula is C28H26ClN5O2. The van der Waals surface area contributed by atoms with Crippen molar-refractivity contribution in [2.45, 2.75) is 26.1 Å². The number of benzene rings is 3. The number of aromatic nitrogens is 1.